The van der Waals surface area contributed by atoms with Crippen LogP contribution in [0, 0.1) is 13.8 Å². The number of aromatic amines is 2. The topological polar surface area (TPSA) is 82.8 Å². The van der Waals surface area contributed by atoms with Gasteiger partial charge in [0.1, 0.15) is 0 Å². The molecule has 116 valence electrons. The predicted molar refractivity (Wildman–Crippen MR) is 87.9 cm³/mol. The number of benzene rings is 1. The molecular formula is C16H18N2O3S. The van der Waals surface area contributed by atoms with Gasteiger partial charge in [-0.3, -0.25) is 14.6 Å². The second-order valence-electron chi connectivity index (χ2n) is 5.57. The van der Waals surface area contributed by atoms with Gasteiger partial charge in [0.15, 0.2) is 0 Å². The maximum atomic E-state index is 12.4. The highest BCUT2D eigenvalue weighted by Crippen LogP contribution is 2.26. The summed E-state index contributed by atoms with van der Waals surface area (Å²) in [5, 5.41) is 0.114. The lowest BCUT2D eigenvalue weighted by Gasteiger charge is -2.10. The summed E-state index contributed by atoms with van der Waals surface area (Å²) in [6.07, 6.45) is 0. The van der Waals surface area contributed by atoms with Gasteiger partial charge in [0.05, 0.1) is 10.6 Å². The fourth-order valence-electron chi connectivity index (χ4n) is 2.32. The number of thioether (sulfide) groups is 1. The molecule has 0 aliphatic heterocycles. The van der Waals surface area contributed by atoms with Crippen LogP contribution < -0.4 is 11.2 Å². The average molecular weight is 318 g/mol. The normalized spacial score (nSPS) is 11.0. The summed E-state index contributed by atoms with van der Waals surface area (Å²) in [5.74, 6) is -0.102. The third-order valence-electron chi connectivity index (χ3n) is 3.17. The van der Waals surface area contributed by atoms with E-state index in [2.05, 4.69) is 9.97 Å². The molecule has 0 saturated heterocycles. The van der Waals surface area contributed by atoms with Gasteiger partial charge >= 0.3 is 5.69 Å². The van der Waals surface area contributed by atoms with E-state index in [-0.39, 0.29) is 11.0 Å². The van der Waals surface area contributed by atoms with E-state index < -0.39 is 11.2 Å². The van der Waals surface area contributed by atoms with Crippen LogP contribution in [0.25, 0.3) is 0 Å². The number of carbonyl (C=O) groups is 1. The van der Waals surface area contributed by atoms with Crippen LogP contribution >= 0.6 is 11.8 Å². The monoisotopic (exact) mass is 318 g/mol. The second-order valence-corrected chi connectivity index (χ2v) is 6.55. The summed E-state index contributed by atoms with van der Waals surface area (Å²) in [6, 6.07) is 5.57. The van der Waals surface area contributed by atoms with Crippen molar-refractivity contribution < 1.29 is 4.79 Å². The third kappa shape index (κ3) is 3.57. The molecule has 2 aromatic rings. The molecule has 0 amide bonds. The van der Waals surface area contributed by atoms with Crippen molar-refractivity contribution in [2.24, 2.45) is 0 Å². The molecule has 0 fully saturated rings. The number of carbonyl (C=O) groups excluding carboxylic acids is 1. The van der Waals surface area contributed by atoms with Gasteiger partial charge in [-0.25, -0.2) is 4.79 Å². The van der Waals surface area contributed by atoms with Crippen molar-refractivity contribution in [2.45, 2.75) is 38.6 Å². The molecule has 0 unspecified atom stereocenters. The number of hydrogen-bond donors (Lipinski definition) is 2. The Balaban J connectivity index is 2.44. The first kappa shape index (κ1) is 16.3. The summed E-state index contributed by atoms with van der Waals surface area (Å²) in [5.41, 5.74) is 1.90. The average Bonchev–Trinajstić information content (AvgIpc) is 2.35. The van der Waals surface area contributed by atoms with Crippen molar-refractivity contribution in [3.63, 3.8) is 0 Å². The van der Waals surface area contributed by atoms with Crippen molar-refractivity contribution in [2.75, 3.05) is 0 Å². The first-order valence-corrected chi connectivity index (χ1v) is 7.76. The first-order chi connectivity index (χ1) is 10.3. The lowest BCUT2D eigenvalue weighted by Crippen LogP contribution is -2.27. The summed E-state index contributed by atoms with van der Waals surface area (Å²) >= 11 is 0.883. The molecule has 2 rings (SSSR count). The fourth-order valence-corrected chi connectivity index (χ4v) is 3.33. The highest BCUT2D eigenvalue weighted by molar-refractivity contribution is 8.14. The van der Waals surface area contributed by atoms with E-state index in [0.29, 0.717) is 16.2 Å². The highest BCUT2D eigenvalue weighted by Gasteiger charge is 2.18. The molecule has 0 radical (unpaired) electrons. The molecule has 1 heterocycles. The number of aryl methyl sites for hydroxylation is 2. The smallest absolute Gasteiger partial charge is 0.301 e. The lowest BCUT2D eigenvalue weighted by atomic mass is 10.1. The maximum absolute atomic E-state index is 12.4. The molecule has 0 spiro atoms. The van der Waals surface area contributed by atoms with Gasteiger partial charge in [-0.1, -0.05) is 31.0 Å². The minimum Gasteiger partial charge on any atom is -0.301 e. The Hall–Kier alpha value is -2.08. The van der Waals surface area contributed by atoms with Gasteiger partial charge in [0, 0.05) is 5.56 Å². The molecule has 2 N–H and O–H groups in total. The zero-order chi connectivity index (χ0) is 16.4. The zero-order valence-corrected chi connectivity index (χ0v) is 13.8. The molecule has 5 nitrogen and oxygen atoms in total. The van der Waals surface area contributed by atoms with E-state index in [1.54, 1.807) is 12.1 Å². The van der Waals surface area contributed by atoms with Crippen molar-refractivity contribution in [3.8, 4) is 0 Å². The molecular weight excluding hydrogens is 300 g/mol. The largest absolute Gasteiger partial charge is 0.326 e. The van der Waals surface area contributed by atoms with E-state index in [1.807, 2.05) is 33.8 Å². The van der Waals surface area contributed by atoms with Crippen LogP contribution in [-0.2, 0) is 0 Å². The Kier molecular flexibility index (Phi) is 4.71. The van der Waals surface area contributed by atoms with Crippen molar-refractivity contribution in [1.29, 1.82) is 0 Å². The summed E-state index contributed by atoms with van der Waals surface area (Å²) in [6.45, 7) is 7.52. The van der Waals surface area contributed by atoms with E-state index in [4.69, 9.17) is 0 Å². The number of rotatable bonds is 3. The Morgan fingerprint density at radius 1 is 1.05 bits per heavy atom. The summed E-state index contributed by atoms with van der Waals surface area (Å²) < 4.78 is 0. The van der Waals surface area contributed by atoms with E-state index in [9.17, 15) is 14.4 Å². The molecule has 0 atom stereocenters. The van der Waals surface area contributed by atoms with Crippen LogP contribution in [0.15, 0.2) is 32.8 Å². The number of aromatic nitrogens is 2. The van der Waals surface area contributed by atoms with Gasteiger partial charge in [-0.05, 0) is 43.7 Å². The van der Waals surface area contributed by atoms with Gasteiger partial charge in [-0.2, -0.15) is 0 Å². The van der Waals surface area contributed by atoms with Crippen LogP contribution in [0.4, 0.5) is 0 Å². The minimum absolute atomic E-state index is 0.102. The zero-order valence-electron chi connectivity index (χ0n) is 12.9. The number of nitrogens with one attached hydrogen (secondary N) is 2. The van der Waals surface area contributed by atoms with Crippen molar-refractivity contribution in [3.05, 3.63) is 61.3 Å². The van der Waals surface area contributed by atoms with E-state index in [1.165, 1.54) is 0 Å². The fraction of sp³-hybridized carbons (Fsp3) is 0.312. The molecule has 0 bridgehead atoms. The molecule has 6 heteroatoms. The number of hydrogen-bond acceptors (Lipinski definition) is 4. The Labute approximate surface area is 132 Å². The highest BCUT2D eigenvalue weighted by atomic mass is 32.2. The molecule has 1 aromatic carbocycles. The van der Waals surface area contributed by atoms with Gasteiger partial charge in [-0.15, -0.1) is 0 Å². The Bertz CT molecular complexity index is 814. The van der Waals surface area contributed by atoms with Crippen LogP contribution in [-0.4, -0.2) is 15.1 Å². The van der Waals surface area contributed by atoms with Gasteiger partial charge < -0.3 is 4.98 Å². The SMILES string of the molecule is Cc1cc(C)cc(C(=O)Sc2[nH]c(=O)[nH]c(=O)c2C(C)C)c1. The molecule has 0 aliphatic carbocycles. The lowest BCUT2D eigenvalue weighted by molar-refractivity contribution is 0.108. The Morgan fingerprint density at radius 2 is 1.64 bits per heavy atom. The molecule has 22 heavy (non-hydrogen) atoms. The number of H-pyrrole nitrogens is 2. The second kappa shape index (κ2) is 6.36. The minimum atomic E-state index is -0.606. The molecule has 0 aliphatic rings. The quantitative estimate of drug-likeness (QED) is 0.673. The van der Waals surface area contributed by atoms with Crippen LogP contribution in [0.2, 0.25) is 0 Å². The Morgan fingerprint density at radius 3 is 2.18 bits per heavy atom. The van der Waals surface area contributed by atoms with E-state index in [0.717, 1.165) is 22.9 Å². The third-order valence-corrected chi connectivity index (χ3v) is 4.12. The summed E-state index contributed by atoms with van der Waals surface area (Å²) in [7, 11) is 0. The molecule has 0 saturated carbocycles. The summed E-state index contributed by atoms with van der Waals surface area (Å²) in [4.78, 5) is 40.6. The van der Waals surface area contributed by atoms with Gasteiger partial charge in [0.25, 0.3) is 5.56 Å². The van der Waals surface area contributed by atoms with Crippen molar-refractivity contribution >= 4 is 16.9 Å². The predicted octanol–water partition coefficient (Wildman–Crippen LogP) is 2.74. The van der Waals surface area contributed by atoms with Gasteiger partial charge in [0.2, 0.25) is 5.12 Å². The van der Waals surface area contributed by atoms with E-state index >= 15 is 0 Å². The van der Waals surface area contributed by atoms with Crippen molar-refractivity contribution in [1.82, 2.24) is 9.97 Å². The first-order valence-electron chi connectivity index (χ1n) is 6.95. The molecule has 1 aromatic heterocycles. The van der Waals surface area contributed by atoms with Crippen LogP contribution in [0.1, 0.15) is 46.8 Å². The maximum Gasteiger partial charge on any atom is 0.326 e. The van der Waals surface area contributed by atoms with Crippen LogP contribution in [0.3, 0.4) is 0 Å². The standard InChI is InChI=1S/C16H18N2O3S/c1-8(2)12-13(19)17-16(21)18-14(12)22-15(20)11-6-9(3)5-10(4)7-11/h5-8H,1-4H3,(H2,17,18,19,21). The van der Waals surface area contributed by atoms with Crippen LogP contribution in [0.5, 0.6) is 0 Å².